The van der Waals surface area contributed by atoms with E-state index in [1.54, 1.807) is 0 Å². The highest BCUT2D eigenvalue weighted by Gasteiger charge is 2.18. The second-order valence-corrected chi connectivity index (χ2v) is 2.81. The van der Waals surface area contributed by atoms with E-state index in [2.05, 4.69) is 0 Å². The lowest BCUT2D eigenvalue weighted by molar-refractivity contribution is 0.0747. The van der Waals surface area contributed by atoms with Gasteiger partial charge in [-0.15, -0.1) is 0 Å². The Labute approximate surface area is 108 Å². The number of Topliss-reactive ketones (excluding diaryl/α,β-unsaturated/α-hetero) is 1. The molecule has 0 heterocycles. The van der Waals surface area contributed by atoms with Gasteiger partial charge < -0.3 is 5.11 Å². The van der Waals surface area contributed by atoms with Gasteiger partial charge in [0, 0.05) is 5.56 Å². The summed E-state index contributed by atoms with van der Waals surface area (Å²) in [5.74, 6) is -1.36. The van der Waals surface area contributed by atoms with Gasteiger partial charge in [0.25, 0.3) is 0 Å². The minimum atomic E-state index is -2.30. The molecule has 0 spiro atoms. The first kappa shape index (κ1) is 3.82. The van der Waals surface area contributed by atoms with Gasteiger partial charge in [0.1, 0.15) is 6.10 Å². The molecule has 2 nitrogen and oxygen atoms in total. The van der Waals surface area contributed by atoms with E-state index >= 15 is 0 Å². The van der Waals surface area contributed by atoms with Crippen molar-refractivity contribution >= 4 is 5.78 Å². The average molecular weight is 222 g/mol. The molecule has 0 saturated carbocycles. The SMILES string of the molecule is [2H]c1c([2H])c([2H])c(C(=O)C(O)c2c([2H])c([2H])c([2H])c([2H])c2[2H])c([2H])c1[2H]. The highest BCUT2D eigenvalue weighted by molar-refractivity contribution is 5.99. The number of aliphatic hydroxyl groups excluding tert-OH is 1. The van der Waals surface area contributed by atoms with Crippen LogP contribution in [-0.4, -0.2) is 10.9 Å². The second kappa shape index (κ2) is 4.73. The lowest BCUT2D eigenvalue weighted by Crippen LogP contribution is -2.11. The fraction of sp³-hybridized carbons (Fsp3) is 0.0714. The summed E-state index contributed by atoms with van der Waals surface area (Å²) in [5, 5.41) is 10.3. The lowest BCUT2D eigenvalue weighted by atomic mass is 10.0. The predicted octanol–water partition coefficient (Wildman–Crippen LogP) is 2.60. The highest BCUT2D eigenvalue weighted by Crippen LogP contribution is 2.17. The van der Waals surface area contributed by atoms with Crippen molar-refractivity contribution in [3.05, 3.63) is 71.6 Å². The summed E-state index contributed by atoms with van der Waals surface area (Å²) >= 11 is 0. The number of rotatable bonds is 3. The van der Waals surface area contributed by atoms with E-state index in [1.807, 2.05) is 0 Å². The molecule has 1 unspecified atom stereocenters. The molecule has 0 aliphatic carbocycles. The third-order valence-electron chi connectivity index (χ3n) is 1.79. The summed E-state index contributed by atoms with van der Waals surface area (Å²) in [6, 6.07) is -7.90. The molecule has 0 aliphatic rings. The van der Waals surface area contributed by atoms with Crippen LogP contribution >= 0.6 is 0 Å². The van der Waals surface area contributed by atoms with Gasteiger partial charge in [-0.3, -0.25) is 4.79 Å². The second-order valence-electron chi connectivity index (χ2n) is 2.81. The molecule has 16 heavy (non-hydrogen) atoms. The monoisotopic (exact) mass is 222 g/mol. The largest absolute Gasteiger partial charge is 0.380 e. The Balaban J connectivity index is 2.72. The molecule has 2 heteroatoms. The molecule has 2 rings (SSSR count). The molecular formula is C14H12O2. The molecule has 2 aromatic rings. The summed E-state index contributed by atoms with van der Waals surface area (Å²) in [5.41, 5.74) is -1.55. The zero-order valence-electron chi connectivity index (χ0n) is 17.9. The van der Waals surface area contributed by atoms with Crippen molar-refractivity contribution in [3.8, 4) is 0 Å². The third-order valence-corrected chi connectivity index (χ3v) is 1.79. The molecule has 0 aliphatic heterocycles. The van der Waals surface area contributed by atoms with Crippen LogP contribution in [0.4, 0.5) is 0 Å². The van der Waals surface area contributed by atoms with Gasteiger partial charge in [-0.25, -0.2) is 0 Å². The molecule has 0 saturated heterocycles. The molecule has 0 amide bonds. The first-order chi connectivity index (χ1) is 11.9. The van der Waals surface area contributed by atoms with Crippen molar-refractivity contribution in [2.75, 3.05) is 0 Å². The Morgan fingerprint density at radius 2 is 1.50 bits per heavy atom. The molecule has 0 radical (unpaired) electrons. The van der Waals surface area contributed by atoms with E-state index in [1.165, 1.54) is 0 Å². The average Bonchev–Trinajstić information content (AvgIpc) is 2.61. The summed E-state index contributed by atoms with van der Waals surface area (Å²) in [7, 11) is 0. The number of benzene rings is 2. The summed E-state index contributed by atoms with van der Waals surface area (Å²) in [6.45, 7) is 0. The fourth-order valence-corrected chi connectivity index (χ4v) is 1.04. The fourth-order valence-electron chi connectivity index (χ4n) is 1.04. The van der Waals surface area contributed by atoms with Crippen molar-refractivity contribution in [2.24, 2.45) is 0 Å². The topological polar surface area (TPSA) is 37.3 Å². The van der Waals surface area contributed by atoms with Crippen molar-refractivity contribution < 1.29 is 23.6 Å². The summed E-state index contributed by atoms with van der Waals surface area (Å²) in [6.07, 6.45) is -2.30. The Hall–Kier alpha value is -1.93. The maximum absolute atomic E-state index is 12.6. The number of hydrogen-bond donors (Lipinski definition) is 1. The Kier molecular flexibility index (Phi) is 1.13. The van der Waals surface area contributed by atoms with Gasteiger partial charge in [-0.05, 0) is 5.56 Å². The Bertz CT molecular complexity index is 882. The van der Waals surface area contributed by atoms with Gasteiger partial charge >= 0.3 is 0 Å². The van der Waals surface area contributed by atoms with Crippen molar-refractivity contribution in [3.63, 3.8) is 0 Å². The smallest absolute Gasteiger partial charge is 0.195 e. The number of carbonyl (C=O) groups excluding carboxylic acids is 1. The predicted molar refractivity (Wildman–Crippen MR) is 62.2 cm³/mol. The zero-order valence-corrected chi connectivity index (χ0v) is 7.93. The summed E-state index contributed by atoms with van der Waals surface area (Å²) < 4.78 is 76.3. The van der Waals surface area contributed by atoms with Crippen LogP contribution in [-0.2, 0) is 0 Å². The normalized spacial score (nSPS) is 20.8. The maximum atomic E-state index is 12.6. The van der Waals surface area contributed by atoms with Crippen molar-refractivity contribution in [2.45, 2.75) is 6.10 Å². The highest BCUT2D eigenvalue weighted by atomic mass is 16.3. The minimum absolute atomic E-state index is 0.716. The summed E-state index contributed by atoms with van der Waals surface area (Å²) in [4.78, 5) is 12.6. The molecule has 2 aromatic carbocycles. The zero-order chi connectivity index (χ0) is 20.1. The molecule has 0 aromatic heterocycles. The van der Waals surface area contributed by atoms with E-state index < -0.39 is 83.4 Å². The van der Waals surface area contributed by atoms with Gasteiger partial charge in [-0.1, -0.05) is 60.4 Å². The molecule has 0 bridgehead atoms. The van der Waals surface area contributed by atoms with Crippen molar-refractivity contribution in [1.82, 2.24) is 0 Å². The Morgan fingerprint density at radius 3 is 2.06 bits per heavy atom. The molecule has 1 N–H and O–H groups in total. The first-order valence-electron chi connectivity index (χ1n) is 9.29. The number of ketones is 1. The van der Waals surface area contributed by atoms with Crippen LogP contribution in [0.3, 0.4) is 0 Å². The number of carbonyl (C=O) groups is 1. The van der Waals surface area contributed by atoms with Crippen LogP contribution in [0.1, 0.15) is 35.7 Å². The number of aliphatic hydroxyl groups is 1. The van der Waals surface area contributed by atoms with Crippen LogP contribution in [0, 0.1) is 0 Å². The quantitative estimate of drug-likeness (QED) is 0.810. The Morgan fingerprint density at radius 1 is 1.00 bits per heavy atom. The van der Waals surface area contributed by atoms with Crippen molar-refractivity contribution in [1.29, 1.82) is 0 Å². The molecule has 0 fully saturated rings. The van der Waals surface area contributed by atoms with Crippen LogP contribution in [0.5, 0.6) is 0 Å². The standard InChI is InChI=1S/C14H12O2/c15-13(11-7-3-1-4-8-11)14(16)12-9-5-2-6-10-12/h1-10,13,15H/i1D,2D,3D,4D,5D,6D,7D,8D,9D,10D. The van der Waals surface area contributed by atoms with Gasteiger partial charge in [0.2, 0.25) is 0 Å². The number of hydrogen-bond acceptors (Lipinski definition) is 2. The van der Waals surface area contributed by atoms with Gasteiger partial charge in [0.15, 0.2) is 5.78 Å². The van der Waals surface area contributed by atoms with Crippen LogP contribution in [0.25, 0.3) is 0 Å². The lowest BCUT2D eigenvalue weighted by Gasteiger charge is -2.09. The van der Waals surface area contributed by atoms with E-state index in [9.17, 15) is 9.90 Å². The van der Waals surface area contributed by atoms with E-state index in [0.29, 0.717) is 0 Å². The van der Waals surface area contributed by atoms with Gasteiger partial charge in [-0.2, -0.15) is 0 Å². The van der Waals surface area contributed by atoms with E-state index in [0.717, 1.165) is 0 Å². The van der Waals surface area contributed by atoms with Crippen LogP contribution in [0.2, 0.25) is 0 Å². The third kappa shape index (κ3) is 2.18. The van der Waals surface area contributed by atoms with E-state index in [4.69, 9.17) is 13.7 Å². The van der Waals surface area contributed by atoms with E-state index in [-0.39, 0.29) is 0 Å². The van der Waals surface area contributed by atoms with Crippen LogP contribution < -0.4 is 0 Å². The first-order valence-corrected chi connectivity index (χ1v) is 4.29. The molecule has 1 atom stereocenters. The van der Waals surface area contributed by atoms with Gasteiger partial charge in [0.05, 0.1) is 13.7 Å². The molecule has 80 valence electrons. The van der Waals surface area contributed by atoms with Crippen LogP contribution in [0.15, 0.2) is 60.4 Å². The minimum Gasteiger partial charge on any atom is -0.380 e. The molecular weight excluding hydrogens is 200 g/mol. The maximum Gasteiger partial charge on any atom is 0.195 e.